The molecule has 1 aromatic carbocycles. The molecule has 2 aromatic heterocycles. The molecule has 4 rings (SSSR count). The number of nitrogens with zero attached hydrogens (tertiary/aromatic N) is 3. The Morgan fingerprint density at radius 3 is 2.82 bits per heavy atom. The van der Waals surface area contributed by atoms with Crippen LogP contribution in [-0.2, 0) is 6.42 Å². The van der Waals surface area contributed by atoms with Gasteiger partial charge in [0.25, 0.3) is 5.91 Å². The average Bonchev–Trinajstić information content (AvgIpc) is 2.74. The molecule has 1 amide bonds. The molecule has 1 atom stereocenters. The number of piperidine rings is 1. The van der Waals surface area contributed by atoms with E-state index in [0.29, 0.717) is 12.2 Å². The van der Waals surface area contributed by atoms with Crippen LogP contribution in [0.1, 0.15) is 51.8 Å². The summed E-state index contributed by atoms with van der Waals surface area (Å²) in [5.41, 5.74) is 5.23. The van der Waals surface area contributed by atoms with E-state index in [4.69, 9.17) is 4.98 Å². The Morgan fingerprint density at radius 1 is 1.11 bits per heavy atom. The fraction of sp³-hybridized carbons (Fsp3) is 0.292. The zero-order valence-electron chi connectivity index (χ0n) is 16.2. The maximum Gasteiger partial charge on any atom is 0.272 e. The number of pyridine rings is 2. The van der Waals surface area contributed by atoms with E-state index in [-0.39, 0.29) is 11.8 Å². The zero-order valence-corrected chi connectivity index (χ0v) is 16.2. The lowest BCUT2D eigenvalue weighted by Gasteiger charge is -2.32. The molecule has 0 spiro atoms. The van der Waals surface area contributed by atoms with Crippen molar-refractivity contribution in [1.29, 1.82) is 0 Å². The Balaban J connectivity index is 1.48. The summed E-state index contributed by atoms with van der Waals surface area (Å²) in [7, 11) is 0. The summed E-state index contributed by atoms with van der Waals surface area (Å²) in [6, 6.07) is 20.3. The lowest BCUT2D eigenvalue weighted by atomic mass is 9.93. The molecule has 4 nitrogen and oxygen atoms in total. The second-order valence-corrected chi connectivity index (χ2v) is 7.52. The van der Waals surface area contributed by atoms with Crippen molar-refractivity contribution in [2.75, 3.05) is 13.1 Å². The van der Waals surface area contributed by atoms with E-state index < -0.39 is 0 Å². The highest BCUT2D eigenvalue weighted by Gasteiger charge is 2.26. The largest absolute Gasteiger partial charge is 0.337 e. The van der Waals surface area contributed by atoms with Crippen molar-refractivity contribution in [1.82, 2.24) is 14.9 Å². The van der Waals surface area contributed by atoms with Crippen molar-refractivity contribution >= 4 is 5.91 Å². The number of hydrogen-bond acceptors (Lipinski definition) is 3. The highest BCUT2D eigenvalue weighted by Crippen LogP contribution is 2.27. The van der Waals surface area contributed by atoms with Crippen molar-refractivity contribution in [2.45, 2.75) is 32.1 Å². The SMILES string of the molecule is Cc1cccc(Cc2cccc([C@@H]3CCCN(C(=O)c4ccccn4)C3)n2)c1. The second kappa shape index (κ2) is 8.34. The van der Waals surface area contributed by atoms with E-state index in [9.17, 15) is 4.79 Å². The monoisotopic (exact) mass is 371 g/mol. The molecular formula is C24H25N3O. The topological polar surface area (TPSA) is 46.1 Å². The van der Waals surface area contributed by atoms with Gasteiger partial charge in [-0.3, -0.25) is 14.8 Å². The Kier molecular flexibility index (Phi) is 5.47. The van der Waals surface area contributed by atoms with Gasteiger partial charge in [0.15, 0.2) is 0 Å². The third kappa shape index (κ3) is 4.28. The zero-order chi connectivity index (χ0) is 19.3. The highest BCUT2D eigenvalue weighted by atomic mass is 16.2. The van der Waals surface area contributed by atoms with Crippen LogP contribution < -0.4 is 0 Å². The third-order valence-corrected chi connectivity index (χ3v) is 5.31. The van der Waals surface area contributed by atoms with Gasteiger partial charge in [0.2, 0.25) is 0 Å². The van der Waals surface area contributed by atoms with Crippen LogP contribution >= 0.6 is 0 Å². The smallest absolute Gasteiger partial charge is 0.272 e. The molecule has 0 N–H and O–H groups in total. The first-order chi connectivity index (χ1) is 13.7. The number of carbonyl (C=O) groups excluding carboxylic acids is 1. The Morgan fingerprint density at radius 2 is 2.00 bits per heavy atom. The van der Waals surface area contributed by atoms with Gasteiger partial charge >= 0.3 is 0 Å². The first kappa shape index (κ1) is 18.4. The molecule has 0 aliphatic carbocycles. The van der Waals surface area contributed by atoms with Crippen LogP contribution in [0.2, 0.25) is 0 Å². The minimum Gasteiger partial charge on any atom is -0.337 e. The number of likely N-dealkylation sites (tertiary alicyclic amines) is 1. The van der Waals surface area contributed by atoms with E-state index >= 15 is 0 Å². The Labute approximate surface area is 166 Å². The van der Waals surface area contributed by atoms with Crippen LogP contribution in [0, 0.1) is 6.92 Å². The molecule has 1 fully saturated rings. The number of rotatable bonds is 4. The Bertz CT molecular complexity index is 955. The number of benzene rings is 1. The van der Waals surface area contributed by atoms with Gasteiger partial charge in [-0.1, -0.05) is 42.0 Å². The van der Waals surface area contributed by atoms with E-state index in [0.717, 1.165) is 37.2 Å². The normalized spacial score (nSPS) is 16.8. The van der Waals surface area contributed by atoms with Crippen molar-refractivity contribution in [2.24, 2.45) is 0 Å². The number of carbonyl (C=O) groups is 1. The number of aromatic nitrogens is 2. The molecular weight excluding hydrogens is 346 g/mol. The van der Waals surface area contributed by atoms with Gasteiger partial charge in [0.05, 0.1) is 0 Å². The minimum absolute atomic E-state index is 0.0150. The molecule has 1 aliphatic heterocycles. The predicted molar refractivity (Wildman–Crippen MR) is 110 cm³/mol. The summed E-state index contributed by atoms with van der Waals surface area (Å²) in [6.45, 7) is 3.60. The van der Waals surface area contributed by atoms with Gasteiger partial charge in [0.1, 0.15) is 5.69 Å². The molecule has 0 radical (unpaired) electrons. The summed E-state index contributed by atoms with van der Waals surface area (Å²) in [5, 5.41) is 0. The lowest BCUT2D eigenvalue weighted by Crippen LogP contribution is -2.39. The molecule has 3 heterocycles. The number of hydrogen-bond donors (Lipinski definition) is 0. The van der Waals surface area contributed by atoms with Crippen LogP contribution in [0.25, 0.3) is 0 Å². The molecule has 1 saturated heterocycles. The van der Waals surface area contributed by atoms with Gasteiger partial charge in [0, 0.05) is 43.0 Å². The molecule has 0 unspecified atom stereocenters. The van der Waals surface area contributed by atoms with E-state index in [1.165, 1.54) is 11.1 Å². The Hall–Kier alpha value is -3.01. The summed E-state index contributed by atoms with van der Waals surface area (Å²) in [5.74, 6) is 0.292. The fourth-order valence-corrected chi connectivity index (χ4v) is 3.91. The average molecular weight is 371 g/mol. The minimum atomic E-state index is 0.0150. The maximum absolute atomic E-state index is 12.8. The van der Waals surface area contributed by atoms with Crippen LogP contribution in [0.4, 0.5) is 0 Å². The number of aryl methyl sites for hydroxylation is 1. The summed E-state index contributed by atoms with van der Waals surface area (Å²) >= 11 is 0. The van der Waals surface area contributed by atoms with Gasteiger partial charge in [-0.2, -0.15) is 0 Å². The van der Waals surface area contributed by atoms with Gasteiger partial charge in [-0.15, -0.1) is 0 Å². The van der Waals surface area contributed by atoms with Crippen LogP contribution in [0.15, 0.2) is 66.9 Å². The first-order valence-electron chi connectivity index (χ1n) is 9.91. The van der Waals surface area contributed by atoms with Crippen molar-refractivity contribution < 1.29 is 4.79 Å². The molecule has 0 saturated carbocycles. The van der Waals surface area contributed by atoms with Crippen molar-refractivity contribution in [3.8, 4) is 0 Å². The van der Waals surface area contributed by atoms with Gasteiger partial charge in [-0.05, 0) is 49.6 Å². The molecule has 3 aromatic rings. The lowest BCUT2D eigenvalue weighted by molar-refractivity contribution is 0.0700. The van der Waals surface area contributed by atoms with Gasteiger partial charge < -0.3 is 4.90 Å². The quantitative estimate of drug-likeness (QED) is 0.683. The second-order valence-electron chi connectivity index (χ2n) is 7.52. The van der Waals surface area contributed by atoms with E-state index in [1.54, 1.807) is 12.3 Å². The maximum atomic E-state index is 12.8. The van der Waals surface area contributed by atoms with Crippen LogP contribution in [-0.4, -0.2) is 33.9 Å². The molecule has 1 aliphatic rings. The van der Waals surface area contributed by atoms with E-state index in [2.05, 4.69) is 54.4 Å². The van der Waals surface area contributed by atoms with Crippen LogP contribution in [0.5, 0.6) is 0 Å². The number of amides is 1. The van der Waals surface area contributed by atoms with E-state index in [1.807, 2.05) is 17.0 Å². The molecule has 142 valence electrons. The van der Waals surface area contributed by atoms with Crippen molar-refractivity contribution in [3.05, 3.63) is 95.1 Å². The highest BCUT2D eigenvalue weighted by molar-refractivity contribution is 5.92. The van der Waals surface area contributed by atoms with Crippen molar-refractivity contribution in [3.63, 3.8) is 0 Å². The van der Waals surface area contributed by atoms with Gasteiger partial charge in [-0.25, -0.2) is 0 Å². The summed E-state index contributed by atoms with van der Waals surface area (Å²) < 4.78 is 0. The molecule has 4 heteroatoms. The summed E-state index contributed by atoms with van der Waals surface area (Å²) in [4.78, 5) is 23.8. The fourth-order valence-electron chi connectivity index (χ4n) is 3.91. The third-order valence-electron chi connectivity index (χ3n) is 5.31. The summed E-state index contributed by atoms with van der Waals surface area (Å²) in [6.07, 6.45) is 4.56. The molecule has 28 heavy (non-hydrogen) atoms. The first-order valence-corrected chi connectivity index (χ1v) is 9.91. The van der Waals surface area contributed by atoms with Crippen LogP contribution in [0.3, 0.4) is 0 Å². The molecule has 0 bridgehead atoms. The predicted octanol–water partition coefficient (Wildman–Crippen LogP) is 4.40. The standard InChI is InChI=1S/C24H25N3O/c1-18-7-4-8-19(15-18)16-21-10-5-12-22(26-21)20-9-6-14-27(17-20)24(28)23-11-2-3-13-25-23/h2-5,7-8,10-13,15,20H,6,9,14,16-17H2,1H3/t20-/m1/s1.